The van der Waals surface area contributed by atoms with E-state index >= 15 is 0 Å². The van der Waals surface area contributed by atoms with Crippen molar-refractivity contribution in [2.75, 3.05) is 6.54 Å². The Balaban J connectivity index is 0.00000196. The molecule has 1 nitrogen and oxygen atoms in total. The zero-order valence-electron chi connectivity index (χ0n) is 9.74. The fraction of sp³-hybridized carbons (Fsp3) is 0.308. The van der Waals surface area contributed by atoms with Crippen molar-refractivity contribution in [1.29, 1.82) is 0 Å². The standard InChI is InChI=1S/C13H18N.Li/c1-3-5-11-14-13(4-2)12-9-7-6-8-10-12;/h3,5-10,13-14H,1,4,11H2,2H3;/q-1;+1. The van der Waals surface area contributed by atoms with Crippen LogP contribution in [0, 0.1) is 6.92 Å². The van der Waals surface area contributed by atoms with Crippen LogP contribution in [-0.4, -0.2) is 6.54 Å². The van der Waals surface area contributed by atoms with Gasteiger partial charge >= 0.3 is 18.9 Å². The van der Waals surface area contributed by atoms with Gasteiger partial charge in [0, 0.05) is 6.04 Å². The van der Waals surface area contributed by atoms with Crippen molar-refractivity contribution in [2.24, 2.45) is 0 Å². The number of nitrogens with one attached hydrogen (secondary N) is 1. The first-order chi connectivity index (χ1) is 6.88. The molecule has 0 heterocycles. The molecule has 0 fully saturated rings. The van der Waals surface area contributed by atoms with E-state index in [9.17, 15) is 0 Å². The Bertz CT molecular complexity index is 269. The summed E-state index contributed by atoms with van der Waals surface area (Å²) in [5.74, 6) is 0. The molecule has 0 bridgehead atoms. The number of rotatable bonds is 5. The first-order valence-electron chi connectivity index (χ1n) is 5.11. The summed E-state index contributed by atoms with van der Waals surface area (Å²) in [5.41, 5.74) is 1.35. The smallest absolute Gasteiger partial charge is 0.323 e. The molecule has 0 aliphatic carbocycles. The summed E-state index contributed by atoms with van der Waals surface area (Å²) >= 11 is 0. The second kappa shape index (κ2) is 8.68. The van der Waals surface area contributed by atoms with Crippen LogP contribution in [0.2, 0.25) is 0 Å². The topological polar surface area (TPSA) is 12.0 Å². The summed E-state index contributed by atoms with van der Waals surface area (Å²) in [6.07, 6.45) is 4.96. The summed E-state index contributed by atoms with van der Waals surface area (Å²) in [6.45, 7) is 6.74. The molecule has 0 aliphatic rings. The average Bonchev–Trinajstić information content (AvgIpc) is 2.26. The molecule has 2 heteroatoms. The molecule has 1 aromatic rings. The first kappa shape index (κ1) is 14.4. The van der Waals surface area contributed by atoms with E-state index in [2.05, 4.69) is 43.4 Å². The van der Waals surface area contributed by atoms with E-state index in [1.54, 1.807) is 0 Å². The third kappa shape index (κ3) is 5.13. The number of benzene rings is 1. The van der Waals surface area contributed by atoms with E-state index in [1.165, 1.54) is 5.56 Å². The van der Waals surface area contributed by atoms with E-state index in [0.29, 0.717) is 6.04 Å². The Hall–Kier alpha value is -0.613. The second-order valence-corrected chi connectivity index (χ2v) is 3.25. The minimum Gasteiger partial charge on any atom is -0.323 e. The Labute approximate surface area is 105 Å². The molecule has 0 aromatic heterocycles. The van der Waals surface area contributed by atoms with Crippen LogP contribution in [0.5, 0.6) is 0 Å². The zero-order chi connectivity index (χ0) is 10.2. The van der Waals surface area contributed by atoms with Gasteiger partial charge in [-0.25, -0.2) is 19.1 Å². The number of hydrogen-bond acceptors (Lipinski definition) is 1. The van der Waals surface area contributed by atoms with Gasteiger partial charge in [-0.05, 0) is 12.0 Å². The van der Waals surface area contributed by atoms with Gasteiger partial charge in [0.1, 0.15) is 0 Å². The Morgan fingerprint density at radius 3 is 2.53 bits per heavy atom. The van der Waals surface area contributed by atoms with E-state index in [-0.39, 0.29) is 18.9 Å². The molecule has 1 aromatic carbocycles. The second-order valence-electron chi connectivity index (χ2n) is 3.25. The van der Waals surface area contributed by atoms with Crippen molar-refractivity contribution in [3.8, 4) is 0 Å². The van der Waals surface area contributed by atoms with Crippen molar-refractivity contribution in [3.05, 3.63) is 55.0 Å². The van der Waals surface area contributed by atoms with Crippen LogP contribution in [0.15, 0.2) is 42.5 Å². The molecule has 0 aliphatic heterocycles. The summed E-state index contributed by atoms with van der Waals surface area (Å²) in [5, 5.41) is 3.46. The Morgan fingerprint density at radius 1 is 1.33 bits per heavy atom. The van der Waals surface area contributed by atoms with Crippen molar-refractivity contribution in [2.45, 2.75) is 19.4 Å². The minimum absolute atomic E-state index is 0. The van der Waals surface area contributed by atoms with Crippen molar-refractivity contribution >= 4 is 0 Å². The van der Waals surface area contributed by atoms with Gasteiger partial charge in [0.25, 0.3) is 0 Å². The van der Waals surface area contributed by atoms with Gasteiger partial charge in [-0.3, -0.25) is 0 Å². The molecular formula is C13H18LiN. The summed E-state index contributed by atoms with van der Waals surface area (Å²) in [7, 11) is 0. The fourth-order valence-corrected chi connectivity index (χ4v) is 1.48. The molecule has 15 heavy (non-hydrogen) atoms. The van der Waals surface area contributed by atoms with Crippen LogP contribution in [0.3, 0.4) is 0 Å². The van der Waals surface area contributed by atoms with Gasteiger partial charge in [0.15, 0.2) is 0 Å². The van der Waals surface area contributed by atoms with Gasteiger partial charge in [-0.2, -0.15) is 0 Å². The normalized spacial score (nSPS) is 12.3. The van der Waals surface area contributed by atoms with E-state index < -0.39 is 0 Å². The molecule has 0 radical (unpaired) electrons. The van der Waals surface area contributed by atoms with Crippen LogP contribution in [0.25, 0.3) is 0 Å². The van der Waals surface area contributed by atoms with Gasteiger partial charge in [0.05, 0.1) is 0 Å². The SMILES string of the molecule is [CH2-]C=CCNC(CC)c1ccccc1.[Li+]. The molecule has 1 atom stereocenters. The maximum atomic E-state index is 3.66. The van der Waals surface area contributed by atoms with Crippen molar-refractivity contribution in [1.82, 2.24) is 5.32 Å². The molecule has 0 spiro atoms. The molecule has 0 saturated heterocycles. The monoisotopic (exact) mass is 195 g/mol. The van der Waals surface area contributed by atoms with Crippen LogP contribution in [0.1, 0.15) is 24.9 Å². The zero-order valence-corrected chi connectivity index (χ0v) is 9.74. The van der Waals surface area contributed by atoms with E-state index in [4.69, 9.17) is 0 Å². The van der Waals surface area contributed by atoms with Crippen LogP contribution >= 0.6 is 0 Å². The average molecular weight is 195 g/mol. The molecular weight excluding hydrogens is 177 g/mol. The van der Waals surface area contributed by atoms with E-state index in [0.717, 1.165) is 13.0 Å². The first-order valence-corrected chi connectivity index (χ1v) is 5.11. The molecule has 76 valence electrons. The molecule has 0 saturated carbocycles. The third-order valence-corrected chi connectivity index (χ3v) is 2.26. The maximum absolute atomic E-state index is 3.66. The summed E-state index contributed by atoms with van der Waals surface area (Å²) in [4.78, 5) is 0. The number of allylic oxidation sites excluding steroid dienone is 1. The van der Waals surface area contributed by atoms with Gasteiger partial charge in [-0.1, -0.05) is 43.8 Å². The van der Waals surface area contributed by atoms with Gasteiger partial charge < -0.3 is 5.32 Å². The quantitative estimate of drug-likeness (QED) is 0.520. The number of hydrogen-bond donors (Lipinski definition) is 1. The molecule has 1 rings (SSSR count). The van der Waals surface area contributed by atoms with Crippen molar-refractivity contribution < 1.29 is 18.9 Å². The van der Waals surface area contributed by atoms with Crippen molar-refractivity contribution in [3.63, 3.8) is 0 Å². The van der Waals surface area contributed by atoms with Crippen LogP contribution in [0.4, 0.5) is 0 Å². The summed E-state index contributed by atoms with van der Waals surface area (Å²) in [6, 6.07) is 11.0. The minimum atomic E-state index is 0. The van der Waals surface area contributed by atoms with Crippen LogP contribution < -0.4 is 24.2 Å². The molecule has 0 amide bonds. The third-order valence-electron chi connectivity index (χ3n) is 2.26. The van der Waals surface area contributed by atoms with Gasteiger partial charge in [-0.15, -0.1) is 0 Å². The van der Waals surface area contributed by atoms with E-state index in [1.807, 2.05) is 18.2 Å². The Morgan fingerprint density at radius 2 is 2.00 bits per heavy atom. The molecule has 1 unspecified atom stereocenters. The predicted molar refractivity (Wildman–Crippen MR) is 62.0 cm³/mol. The largest absolute Gasteiger partial charge is 1.00 e. The Kier molecular flexibility index (Phi) is 8.32. The fourth-order valence-electron chi connectivity index (χ4n) is 1.48. The molecule has 1 N–H and O–H groups in total. The maximum Gasteiger partial charge on any atom is 1.00 e. The van der Waals surface area contributed by atoms with Crippen LogP contribution in [-0.2, 0) is 0 Å². The predicted octanol–water partition coefficient (Wildman–Crippen LogP) is 0.122. The summed E-state index contributed by atoms with van der Waals surface area (Å²) < 4.78 is 0. The van der Waals surface area contributed by atoms with Gasteiger partial charge in [0.2, 0.25) is 0 Å².